The first-order chi connectivity index (χ1) is 11.9. The number of nitrogens with zero attached hydrogens (tertiary/aromatic N) is 3. The zero-order valence-corrected chi connectivity index (χ0v) is 16.8. The fourth-order valence-corrected chi connectivity index (χ4v) is 4.85. The number of halogens is 1. The average Bonchev–Trinajstić information content (AvgIpc) is 3.00. The van der Waals surface area contributed by atoms with E-state index in [0.29, 0.717) is 16.3 Å². The summed E-state index contributed by atoms with van der Waals surface area (Å²) in [6.45, 7) is 7.62. The summed E-state index contributed by atoms with van der Waals surface area (Å²) in [4.78, 5) is 12.3. The van der Waals surface area contributed by atoms with Gasteiger partial charge in [-0.15, -0.1) is 10.2 Å². The van der Waals surface area contributed by atoms with Crippen LogP contribution in [0.1, 0.15) is 19.4 Å². The van der Waals surface area contributed by atoms with E-state index in [9.17, 15) is 4.79 Å². The normalized spacial score (nSPS) is 11.6. The Labute approximate surface area is 163 Å². The Balaban J connectivity index is 1.93. The second kappa shape index (κ2) is 9.25. The van der Waals surface area contributed by atoms with Gasteiger partial charge in [0.25, 0.3) is 0 Å². The van der Waals surface area contributed by atoms with E-state index in [2.05, 4.69) is 22.1 Å². The van der Waals surface area contributed by atoms with Crippen molar-refractivity contribution in [2.24, 2.45) is 0 Å². The van der Waals surface area contributed by atoms with Crippen LogP contribution in [-0.2, 0) is 4.79 Å². The van der Waals surface area contributed by atoms with Crippen LogP contribution in [0.3, 0.4) is 0 Å². The molecule has 1 amide bonds. The van der Waals surface area contributed by atoms with Crippen LogP contribution in [0.15, 0.2) is 39.0 Å². The molecular weight excluding hydrogens is 396 g/mol. The summed E-state index contributed by atoms with van der Waals surface area (Å²) < 4.78 is 1.60. The molecule has 0 unspecified atom stereocenters. The van der Waals surface area contributed by atoms with Crippen molar-refractivity contribution in [3.8, 4) is 6.07 Å². The maximum absolute atomic E-state index is 12.3. The Kier molecular flexibility index (Phi) is 7.32. The highest BCUT2D eigenvalue weighted by Gasteiger charge is 2.18. The summed E-state index contributed by atoms with van der Waals surface area (Å²) in [5.74, 6) is 0.631. The van der Waals surface area contributed by atoms with Gasteiger partial charge in [0.2, 0.25) is 5.91 Å². The topological polar surface area (TPSA) is 78.7 Å². The minimum absolute atomic E-state index is 0.169. The number of hydrogen-bond acceptors (Lipinski definition) is 7. The molecule has 130 valence electrons. The molecule has 2 aromatic rings. The lowest BCUT2D eigenvalue weighted by atomic mass is 10.2. The van der Waals surface area contributed by atoms with Crippen molar-refractivity contribution in [3.63, 3.8) is 0 Å². The van der Waals surface area contributed by atoms with Crippen LogP contribution in [0.4, 0.5) is 5.69 Å². The van der Waals surface area contributed by atoms with Gasteiger partial charge in [-0.3, -0.25) is 4.79 Å². The van der Waals surface area contributed by atoms with Gasteiger partial charge in [0.1, 0.15) is 6.07 Å². The van der Waals surface area contributed by atoms with E-state index in [-0.39, 0.29) is 11.2 Å². The van der Waals surface area contributed by atoms with Crippen molar-refractivity contribution in [1.29, 1.82) is 5.26 Å². The summed E-state index contributed by atoms with van der Waals surface area (Å²) in [5, 5.41) is 19.8. The SMILES string of the molecule is C=C(C)CSc1nnc(S[C@@H](C)C(=O)Nc2ccc(C#N)c(Cl)c2)s1. The summed E-state index contributed by atoms with van der Waals surface area (Å²) in [5.41, 5.74) is 2.00. The monoisotopic (exact) mass is 410 g/mol. The maximum atomic E-state index is 12.3. The molecule has 0 aliphatic heterocycles. The van der Waals surface area contributed by atoms with E-state index in [1.165, 1.54) is 23.1 Å². The first-order valence-electron chi connectivity index (χ1n) is 7.17. The Morgan fingerprint density at radius 3 is 2.84 bits per heavy atom. The second-order valence-corrected chi connectivity index (χ2v) is 9.33. The quantitative estimate of drug-likeness (QED) is 0.519. The molecule has 9 heteroatoms. The fourth-order valence-electron chi connectivity index (χ4n) is 1.62. The van der Waals surface area contributed by atoms with Crippen molar-refractivity contribution in [3.05, 3.63) is 40.9 Å². The van der Waals surface area contributed by atoms with Crippen molar-refractivity contribution in [2.75, 3.05) is 11.1 Å². The molecule has 0 saturated heterocycles. The highest BCUT2D eigenvalue weighted by atomic mass is 35.5. The zero-order chi connectivity index (χ0) is 18.4. The lowest BCUT2D eigenvalue weighted by Crippen LogP contribution is -2.22. The Morgan fingerprint density at radius 1 is 1.48 bits per heavy atom. The molecule has 1 N–H and O–H groups in total. The molecule has 2 rings (SSSR count). The van der Waals surface area contributed by atoms with Gasteiger partial charge >= 0.3 is 0 Å². The number of rotatable bonds is 7. The molecule has 1 atom stereocenters. The lowest BCUT2D eigenvalue weighted by Gasteiger charge is -2.10. The molecule has 0 aliphatic rings. The summed E-state index contributed by atoms with van der Waals surface area (Å²) in [6, 6.07) is 6.77. The molecule has 1 heterocycles. The lowest BCUT2D eigenvalue weighted by molar-refractivity contribution is -0.115. The van der Waals surface area contributed by atoms with E-state index >= 15 is 0 Å². The van der Waals surface area contributed by atoms with Crippen LogP contribution >= 0.6 is 46.5 Å². The largest absolute Gasteiger partial charge is 0.325 e. The van der Waals surface area contributed by atoms with Gasteiger partial charge in [0.05, 0.1) is 15.8 Å². The van der Waals surface area contributed by atoms with E-state index in [1.807, 2.05) is 13.0 Å². The average molecular weight is 411 g/mol. The zero-order valence-electron chi connectivity index (χ0n) is 13.6. The third kappa shape index (κ3) is 6.04. The third-order valence-corrected chi connectivity index (χ3v) is 6.62. The number of carbonyl (C=O) groups excluding carboxylic acids is 1. The van der Waals surface area contributed by atoms with E-state index in [4.69, 9.17) is 16.9 Å². The molecular formula is C16H15ClN4OS3. The number of anilines is 1. The van der Waals surface area contributed by atoms with Crippen LogP contribution in [0, 0.1) is 11.3 Å². The predicted molar refractivity (Wildman–Crippen MR) is 106 cm³/mol. The number of aromatic nitrogens is 2. The third-order valence-electron chi connectivity index (χ3n) is 2.83. The molecule has 0 bridgehead atoms. The molecule has 5 nitrogen and oxygen atoms in total. The van der Waals surface area contributed by atoms with Crippen LogP contribution in [0.2, 0.25) is 5.02 Å². The highest BCUT2D eigenvalue weighted by molar-refractivity contribution is 8.04. The molecule has 25 heavy (non-hydrogen) atoms. The Hall–Kier alpha value is -1.53. The molecule has 0 saturated carbocycles. The summed E-state index contributed by atoms with van der Waals surface area (Å²) >= 11 is 10.4. The van der Waals surface area contributed by atoms with Gasteiger partial charge in [-0.25, -0.2) is 0 Å². The smallest absolute Gasteiger partial charge is 0.237 e. The van der Waals surface area contributed by atoms with Gasteiger partial charge in [0.15, 0.2) is 8.68 Å². The predicted octanol–water partition coefficient (Wildman–Crippen LogP) is 4.85. The highest BCUT2D eigenvalue weighted by Crippen LogP contribution is 2.32. The summed E-state index contributed by atoms with van der Waals surface area (Å²) in [6.07, 6.45) is 0. The standard InChI is InChI=1S/C16H15ClN4OS3/c1-9(2)8-23-15-20-21-16(25-15)24-10(3)14(22)19-12-5-4-11(7-18)13(17)6-12/h4-6,10H,1,8H2,2-3H3,(H,19,22)/t10-/m0/s1. The van der Waals surface area contributed by atoms with Crippen molar-refractivity contribution in [1.82, 2.24) is 10.2 Å². The van der Waals surface area contributed by atoms with Crippen molar-refractivity contribution >= 4 is 58.1 Å². The van der Waals surface area contributed by atoms with Gasteiger partial charge in [-0.2, -0.15) is 5.26 Å². The van der Waals surface area contributed by atoms with Crippen LogP contribution in [-0.4, -0.2) is 27.1 Å². The van der Waals surface area contributed by atoms with Crippen molar-refractivity contribution < 1.29 is 4.79 Å². The van der Waals surface area contributed by atoms with Crippen LogP contribution in [0.5, 0.6) is 0 Å². The maximum Gasteiger partial charge on any atom is 0.237 e. The molecule has 0 radical (unpaired) electrons. The van der Waals surface area contributed by atoms with Crippen LogP contribution in [0.25, 0.3) is 0 Å². The van der Waals surface area contributed by atoms with Gasteiger partial charge < -0.3 is 5.32 Å². The minimum Gasteiger partial charge on any atom is -0.325 e. The number of amides is 1. The Bertz CT molecular complexity index is 831. The second-order valence-electron chi connectivity index (χ2n) is 5.14. The molecule has 0 aliphatic carbocycles. The van der Waals surface area contributed by atoms with E-state index in [0.717, 1.165) is 20.0 Å². The van der Waals surface area contributed by atoms with E-state index in [1.54, 1.807) is 36.9 Å². The first-order valence-corrected chi connectivity index (χ1v) is 10.2. The molecule has 1 aromatic carbocycles. The first kappa shape index (κ1) is 19.8. The number of nitriles is 1. The molecule has 1 aromatic heterocycles. The molecule has 0 fully saturated rings. The van der Waals surface area contributed by atoms with E-state index < -0.39 is 0 Å². The number of carbonyl (C=O) groups is 1. The summed E-state index contributed by atoms with van der Waals surface area (Å²) in [7, 11) is 0. The van der Waals surface area contributed by atoms with Gasteiger partial charge in [0, 0.05) is 11.4 Å². The Morgan fingerprint density at radius 2 is 2.20 bits per heavy atom. The molecule has 0 spiro atoms. The minimum atomic E-state index is -0.346. The van der Waals surface area contributed by atoms with Crippen molar-refractivity contribution in [2.45, 2.75) is 27.8 Å². The number of thioether (sulfide) groups is 2. The van der Waals surface area contributed by atoms with Gasteiger partial charge in [-0.05, 0) is 32.0 Å². The number of benzene rings is 1. The van der Waals surface area contributed by atoms with Gasteiger partial charge in [-0.1, -0.05) is 58.6 Å². The van der Waals surface area contributed by atoms with Crippen LogP contribution < -0.4 is 5.32 Å². The number of hydrogen-bond donors (Lipinski definition) is 1. The fraction of sp³-hybridized carbons (Fsp3) is 0.250. The number of nitrogens with one attached hydrogen (secondary N) is 1.